The Balaban J connectivity index is 1.46. The first-order chi connectivity index (χ1) is 13.9. The van der Waals surface area contributed by atoms with Gasteiger partial charge in [-0.25, -0.2) is 8.42 Å². The smallest absolute Gasteiger partial charge is 0.243 e. The molecule has 1 amide bonds. The number of hydrogen-bond acceptors (Lipinski definition) is 3. The Hall–Kier alpha value is -2.18. The summed E-state index contributed by atoms with van der Waals surface area (Å²) in [5, 5.41) is 0. The Labute approximate surface area is 173 Å². The second kappa shape index (κ2) is 7.92. The van der Waals surface area contributed by atoms with Crippen molar-refractivity contribution in [2.45, 2.75) is 44.4 Å². The molecule has 0 spiro atoms. The summed E-state index contributed by atoms with van der Waals surface area (Å²) in [5.74, 6) is 0.0211. The van der Waals surface area contributed by atoms with Gasteiger partial charge >= 0.3 is 0 Å². The molecular formula is C23H28N2O3S. The number of nitrogens with zero attached hydrogens (tertiary/aromatic N) is 2. The molecule has 2 aromatic rings. The molecule has 0 aromatic heterocycles. The number of piperidine rings is 1. The zero-order chi connectivity index (χ0) is 20.6. The summed E-state index contributed by atoms with van der Waals surface area (Å²) >= 11 is 0. The van der Waals surface area contributed by atoms with Crippen LogP contribution in [0.5, 0.6) is 0 Å². The summed E-state index contributed by atoms with van der Waals surface area (Å²) in [5.41, 5.74) is 4.30. The highest BCUT2D eigenvalue weighted by Crippen LogP contribution is 2.31. The average Bonchev–Trinajstić information content (AvgIpc) is 2.74. The molecular weight excluding hydrogens is 384 g/mol. The van der Waals surface area contributed by atoms with Crippen molar-refractivity contribution in [2.24, 2.45) is 5.92 Å². The second-order valence-electron chi connectivity index (χ2n) is 8.15. The number of amides is 1. The van der Waals surface area contributed by atoms with Gasteiger partial charge in [0.1, 0.15) is 0 Å². The monoisotopic (exact) mass is 412 g/mol. The first-order valence-corrected chi connectivity index (χ1v) is 11.8. The number of aryl methyl sites for hydroxylation is 3. The fourth-order valence-corrected chi connectivity index (χ4v) is 5.90. The summed E-state index contributed by atoms with van der Waals surface area (Å²) in [4.78, 5) is 15.4. The Kier molecular flexibility index (Phi) is 5.49. The highest BCUT2D eigenvalue weighted by atomic mass is 32.2. The molecule has 4 rings (SSSR count). The summed E-state index contributed by atoms with van der Waals surface area (Å²) in [6, 6.07) is 13.4. The Morgan fingerprint density at radius 3 is 2.41 bits per heavy atom. The largest absolute Gasteiger partial charge is 0.312 e. The van der Waals surface area contributed by atoms with Gasteiger partial charge in [-0.1, -0.05) is 24.3 Å². The fourth-order valence-electron chi connectivity index (χ4n) is 4.35. The molecule has 0 aliphatic carbocycles. The van der Waals surface area contributed by atoms with Crippen molar-refractivity contribution < 1.29 is 13.2 Å². The molecule has 154 valence electrons. The van der Waals surface area contributed by atoms with Crippen molar-refractivity contribution in [1.82, 2.24) is 4.31 Å². The van der Waals surface area contributed by atoms with Crippen LogP contribution in [0.2, 0.25) is 0 Å². The average molecular weight is 413 g/mol. The number of fused-ring (bicyclic) bond motifs is 1. The summed E-state index contributed by atoms with van der Waals surface area (Å²) < 4.78 is 27.6. The molecule has 0 atom stereocenters. The molecule has 2 heterocycles. The predicted molar refractivity (Wildman–Crippen MR) is 115 cm³/mol. The van der Waals surface area contributed by atoms with Gasteiger partial charge in [-0.3, -0.25) is 4.79 Å². The van der Waals surface area contributed by atoms with Crippen LogP contribution in [0, 0.1) is 19.8 Å². The van der Waals surface area contributed by atoms with E-state index in [2.05, 4.69) is 6.07 Å². The first-order valence-electron chi connectivity index (χ1n) is 10.3. The van der Waals surface area contributed by atoms with E-state index in [1.54, 1.807) is 12.1 Å². The van der Waals surface area contributed by atoms with Crippen molar-refractivity contribution in [1.29, 1.82) is 0 Å². The van der Waals surface area contributed by atoms with E-state index in [0.717, 1.165) is 36.2 Å². The highest BCUT2D eigenvalue weighted by molar-refractivity contribution is 7.89. The van der Waals surface area contributed by atoms with Crippen molar-refractivity contribution >= 4 is 21.6 Å². The van der Waals surface area contributed by atoms with Gasteiger partial charge in [0.25, 0.3) is 0 Å². The minimum atomic E-state index is -3.52. The number of benzene rings is 2. The van der Waals surface area contributed by atoms with Crippen LogP contribution in [-0.4, -0.2) is 38.3 Å². The topological polar surface area (TPSA) is 57.7 Å². The SMILES string of the molecule is Cc1ccc(S(=O)(=O)N2CCC(C(=O)N3CCCc4ccccc43)CC2)cc1C. The van der Waals surface area contributed by atoms with E-state index < -0.39 is 10.0 Å². The van der Waals surface area contributed by atoms with Crippen LogP contribution in [0.4, 0.5) is 5.69 Å². The van der Waals surface area contributed by atoms with Gasteiger partial charge in [-0.2, -0.15) is 4.31 Å². The van der Waals surface area contributed by atoms with Crippen LogP contribution in [0.3, 0.4) is 0 Å². The van der Waals surface area contributed by atoms with Crippen LogP contribution in [-0.2, 0) is 21.2 Å². The van der Waals surface area contributed by atoms with Gasteiger partial charge in [0.2, 0.25) is 15.9 Å². The van der Waals surface area contributed by atoms with Crippen molar-refractivity contribution in [3.8, 4) is 0 Å². The predicted octanol–water partition coefficient (Wildman–Crippen LogP) is 3.68. The molecule has 1 saturated heterocycles. The van der Waals surface area contributed by atoms with E-state index >= 15 is 0 Å². The Bertz CT molecular complexity index is 1020. The number of carbonyl (C=O) groups excluding carboxylic acids is 1. The maximum Gasteiger partial charge on any atom is 0.243 e. The maximum atomic E-state index is 13.2. The molecule has 29 heavy (non-hydrogen) atoms. The summed E-state index contributed by atoms with van der Waals surface area (Å²) in [6.45, 7) is 5.43. The van der Waals surface area contributed by atoms with Crippen molar-refractivity contribution in [3.05, 3.63) is 59.2 Å². The lowest BCUT2D eigenvalue weighted by Gasteiger charge is -2.36. The van der Waals surface area contributed by atoms with E-state index in [1.165, 1.54) is 9.87 Å². The van der Waals surface area contributed by atoms with E-state index in [-0.39, 0.29) is 11.8 Å². The first kappa shape index (κ1) is 20.1. The summed E-state index contributed by atoms with van der Waals surface area (Å²) in [6.07, 6.45) is 3.12. The number of carbonyl (C=O) groups is 1. The van der Waals surface area contributed by atoms with Crippen LogP contribution < -0.4 is 4.90 Å². The zero-order valence-corrected chi connectivity index (χ0v) is 17.9. The minimum Gasteiger partial charge on any atom is -0.312 e. The molecule has 0 unspecified atom stereocenters. The quantitative estimate of drug-likeness (QED) is 0.773. The number of para-hydroxylation sites is 1. The Morgan fingerprint density at radius 1 is 0.966 bits per heavy atom. The minimum absolute atomic E-state index is 0.118. The second-order valence-corrected chi connectivity index (χ2v) is 10.1. The van der Waals surface area contributed by atoms with Crippen LogP contribution in [0.1, 0.15) is 36.0 Å². The number of rotatable bonds is 3. The van der Waals surface area contributed by atoms with Gasteiger partial charge in [-0.15, -0.1) is 0 Å². The van der Waals surface area contributed by atoms with Crippen molar-refractivity contribution in [2.75, 3.05) is 24.5 Å². The lowest BCUT2D eigenvalue weighted by Crippen LogP contribution is -2.45. The lowest BCUT2D eigenvalue weighted by atomic mass is 9.94. The van der Waals surface area contributed by atoms with E-state index in [0.29, 0.717) is 30.8 Å². The van der Waals surface area contributed by atoms with Crippen LogP contribution in [0.15, 0.2) is 47.4 Å². The third-order valence-corrected chi connectivity index (χ3v) is 8.19. The molecule has 0 bridgehead atoms. The molecule has 5 nitrogen and oxygen atoms in total. The van der Waals surface area contributed by atoms with E-state index in [4.69, 9.17) is 0 Å². The molecule has 1 fully saturated rings. The Morgan fingerprint density at radius 2 is 1.69 bits per heavy atom. The number of hydrogen-bond donors (Lipinski definition) is 0. The third kappa shape index (κ3) is 3.83. The lowest BCUT2D eigenvalue weighted by molar-refractivity contribution is -0.123. The van der Waals surface area contributed by atoms with E-state index in [9.17, 15) is 13.2 Å². The fraction of sp³-hybridized carbons (Fsp3) is 0.435. The third-order valence-electron chi connectivity index (χ3n) is 6.30. The molecule has 0 radical (unpaired) electrons. The van der Waals surface area contributed by atoms with Crippen LogP contribution in [0.25, 0.3) is 0 Å². The molecule has 0 saturated carbocycles. The maximum absolute atomic E-state index is 13.2. The molecule has 2 aliphatic heterocycles. The molecule has 2 aliphatic rings. The van der Waals surface area contributed by atoms with Gasteiger partial charge in [0.15, 0.2) is 0 Å². The molecule has 6 heteroatoms. The number of anilines is 1. The molecule has 0 N–H and O–H groups in total. The standard InChI is InChI=1S/C23H28N2O3S/c1-17-9-10-21(16-18(17)2)29(27,28)24-14-11-20(12-15-24)23(26)25-13-5-7-19-6-3-4-8-22(19)25/h3-4,6,8-10,16,20H,5,7,11-15H2,1-2H3. The van der Waals surface area contributed by atoms with Crippen LogP contribution >= 0.6 is 0 Å². The van der Waals surface area contributed by atoms with Gasteiger partial charge < -0.3 is 4.90 Å². The molecule has 2 aromatic carbocycles. The van der Waals surface area contributed by atoms with Gasteiger partial charge in [0, 0.05) is 31.2 Å². The summed E-state index contributed by atoms with van der Waals surface area (Å²) in [7, 11) is -3.52. The van der Waals surface area contributed by atoms with Crippen molar-refractivity contribution in [3.63, 3.8) is 0 Å². The zero-order valence-electron chi connectivity index (χ0n) is 17.1. The highest BCUT2D eigenvalue weighted by Gasteiger charge is 2.35. The number of sulfonamides is 1. The van der Waals surface area contributed by atoms with E-state index in [1.807, 2.05) is 43.0 Å². The van der Waals surface area contributed by atoms with Gasteiger partial charge in [-0.05, 0) is 74.4 Å². The normalized spacial score (nSPS) is 18.5. The van der Waals surface area contributed by atoms with Gasteiger partial charge in [0.05, 0.1) is 4.90 Å².